The summed E-state index contributed by atoms with van der Waals surface area (Å²) in [7, 11) is 0. The van der Waals surface area contributed by atoms with Crippen molar-refractivity contribution >= 4 is 27.9 Å². The number of rotatable bonds is 5. The molecule has 0 atom stereocenters. The number of carbonyl (C=O) groups excluding carboxylic acids is 1. The Balaban J connectivity index is 2.12. The van der Waals surface area contributed by atoms with Crippen LogP contribution >= 0.6 is 11.3 Å². The quantitative estimate of drug-likeness (QED) is 0.653. The fraction of sp³-hybridized carbons (Fsp3) is 0.154. The van der Waals surface area contributed by atoms with Crippen LogP contribution in [0.4, 0.5) is 10.7 Å². The van der Waals surface area contributed by atoms with E-state index in [1.54, 1.807) is 25.1 Å². The van der Waals surface area contributed by atoms with Crippen molar-refractivity contribution in [3.8, 4) is 0 Å². The molecule has 1 aromatic carbocycles. The Labute approximate surface area is 119 Å². The summed E-state index contributed by atoms with van der Waals surface area (Å²) in [5, 5.41) is 13.9. The Hall–Kier alpha value is -2.41. The summed E-state index contributed by atoms with van der Waals surface area (Å²) in [6, 6.07) is 8.44. The summed E-state index contributed by atoms with van der Waals surface area (Å²) in [5.41, 5.74) is 7.31. The molecule has 2 aromatic rings. The normalized spacial score (nSPS) is 10.2. The van der Waals surface area contributed by atoms with Crippen molar-refractivity contribution in [3.63, 3.8) is 0 Å². The summed E-state index contributed by atoms with van der Waals surface area (Å²) in [6.07, 6.45) is 0. The lowest BCUT2D eigenvalue weighted by Crippen LogP contribution is -2.13. The zero-order chi connectivity index (χ0) is 14.7. The van der Waals surface area contributed by atoms with Gasteiger partial charge in [-0.2, -0.15) is 0 Å². The van der Waals surface area contributed by atoms with Crippen molar-refractivity contribution in [1.29, 1.82) is 0 Å². The van der Waals surface area contributed by atoms with Gasteiger partial charge in [0.05, 0.1) is 4.92 Å². The van der Waals surface area contributed by atoms with Crippen molar-refractivity contribution in [1.82, 2.24) is 0 Å². The third-order valence-electron chi connectivity index (χ3n) is 2.88. The fourth-order valence-corrected chi connectivity index (χ4v) is 2.60. The molecule has 2 rings (SSSR count). The zero-order valence-electron chi connectivity index (χ0n) is 10.8. The standard InChI is InChI=1S/C13H13N3O3S/c1-8-10(13(14)17)3-2-4-11(8)15-7-9-5-6-12(20-9)16(18)19/h2-6,15H,7H2,1H3,(H2,14,17). The molecule has 6 nitrogen and oxygen atoms in total. The SMILES string of the molecule is Cc1c(NCc2ccc([N+](=O)[O-])s2)cccc1C(N)=O. The summed E-state index contributed by atoms with van der Waals surface area (Å²) >= 11 is 1.12. The van der Waals surface area contributed by atoms with Crippen LogP contribution in [0.5, 0.6) is 0 Å². The molecule has 20 heavy (non-hydrogen) atoms. The van der Waals surface area contributed by atoms with Gasteiger partial charge in [0.1, 0.15) is 0 Å². The van der Waals surface area contributed by atoms with Gasteiger partial charge in [0.15, 0.2) is 0 Å². The van der Waals surface area contributed by atoms with Crippen LogP contribution < -0.4 is 11.1 Å². The third kappa shape index (κ3) is 2.94. The van der Waals surface area contributed by atoms with Crippen LogP contribution in [-0.4, -0.2) is 10.8 Å². The number of carbonyl (C=O) groups is 1. The lowest BCUT2D eigenvalue weighted by molar-refractivity contribution is -0.380. The molecule has 0 fully saturated rings. The molecule has 0 radical (unpaired) electrons. The maximum atomic E-state index is 11.2. The molecule has 104 valence electrons. The number of hydrogen-bond acceptors (Lipinski definition) is 5. The lowest BCUT2D eigenvalue weighted by Gasteiger charge is -2.10. The first-order chi connectivity index (χ1) is 9.49. The van der Waals surface area contributed by atoms with Crippen LogP contribution in [-0.2, 0) is 6.54 Å². The first-order valence-electron chi connectivity index (χ1n) is 5.85. The van der Waals surface area contributed by atoms with Crippen molar-refractivity contribution < 1.29 is 9.72 Å². The van der Waals surface area contributed by atoms with Crippen LogP contribution in [0.1, 0.15) is 20.8 Å². The minimum atomic E-state index is -0.474. The maximum Gasteiger partial charge on any atom is 0.324 e. The molecule has 0 aliphatic rings. The second kappa shape index (κ2) is 5.70. The van der Waals surface area contributed by atoms with Gasteiger partial charge in [-0.25, -0.2) is 0 Å². The van der Waals surface area contributed by atoms with Crippen LogP contribution in [0.2, 0.25) is 0 Å². The molecule has 1 heterocycles. The monoisotopic (exact) mass is 291 g/mol. The van der Waals surface area contributed by atoms with Gasteiger partial charge in [0.25, 0.3) is 0 Å². The molecule has 1 aromatic heterocycles. The first-order valence-corrected chi connectivity index (χ1v) is 6.67. The van der Waals surface area contributed by atoms with Gasteiger partial charge in [-0.15, -0.1) is 0 Å². The van der Waals surface area contributed by atoms with E-state index in [1.165, 1.54) is 6.07 Å². The first kappa shape index (κ1) is 14.0. The minimum Gasteiger partial charge on any atom is -0.380 e. The van der Waals surface area contributed by atoms with E-state index >= 15 is 0 Å². The average molecular weight is 291 g/mol. The van der Waals surface area contributed by atoms with Gasteiger partial charge in [-0.3, -0.25) is 14.9 Å². The highest BCUT2D eigenvalue weighted by Gasteiger charge is 2.11. The van der Waals surface area contributed by atoms with Crippen molar-refractivity contribution in [3.05, 3.63) is 56.5 Å². The number of thiophene rings is 1. The molecule has 0 saturated carbocycles. The molecule has 0 aliphatic heterocycles. The maximum absolute atomic E-state index is 11.2. The van der Waals surface area contributed by atoms with Crippen LogP contribution in [0.25, 0.3) is 0 Å². The predicted molar refractivity (Wildman–Crippen MR) is 78.0 cm³/mol. The number of nitrogens with two attached hydrogens (primary N) is 1. The minimum absolute atomic E-state index is 0.115. The summed E-state index contributed by atoms with van der Waals surface area (Å²) in [4.78, 5) is 22.3. The highest BCUT2D eigenvalue weighted by atomic mass is 32.1. The number of amides is 1. The Morgan fingerprint density at radius 3 is 2.75 bits per heavy atom. The average Bonchev–Trinajstić information content (AvgIpc) is 2.86. The molecule has 0 bridgehead atoms. The molecule has 0 unspecified atom stereocenters. The molecule has 7 heteroatoms. The van der Waals surface area contributed by atoms with E-state index in [9.17, 15) is 14.9 Å². The number of nitro groups is 1. The van der Waals surface area contributed by atoms with E-state index in [2.05, 4.69) is 5.32 Å². The van der Waals surface area contributed by atoms with Gasteiger partial charge >= 0.3 is 5.00 Å². The van der Waals surface area contributed by atoms with Gasteiger partial charge < -0.3 is 11.1 Å². The molecular weight excluding hydrogens is 278 g/mol. The van der Waals surface area contributed by atoms with Gasteiger partial charge in [-0.1, -0.05) is 17.4 Å². The molecule has 3 N–H and O–H groups in total. The number of hydrogen-bond donors (Lipinski definition) is 2. The second-order valence-corrected chi connectivity index (χ2v) is 5.34. The molecule has 1 amide bonds. The van der Waals surface area contributed by atoms with E-state index < -0.39 is 10.8 Å². The topological polar surface area (TPSA) is 98.3 Å². The molecular formula is C13H13N3O3S. The van der Waals surface area contributed by atoms with Gasteiger partial charge in [0, 0.05) is 28.7 Å². The van der Waals surface area contributed by atoms with Gasteiger partial charge in [0.2, 0.25) is 5.91 Å². The van der Waals surface area contributed by atoms with Crippen molar-refractivity contribution in [2.24, 2.45) is 5.73 Å². The Morgan fingerprint density at radius 1 is 1.40 bits per heavy atom. The van der Waals surface area contributed by atoms with E-state index in [4.69, 9.17) is 5.73 Å². The van der Waals surface area contributed by atoms with E-state index in [-0.39, 0.29) is 5.00 Å². The Morgan fingerprint density at radius 2 is 2.15 bits per heavy atom. The van der Waals surface area contributed by atoms with Crippen LogP contribution in [0.15, 0.2) is 30.3 Å². The summed E-state index contributed by atoms with van der Waals surface area (Å²) < 4.78 is 0. The highest BCUT2D eigenvalue weighted by Crippen LogP contribution is 2.25. The van der Waals surface area contributed by atoms with E-state index in [0.29, 0.717) is 12.1 Å². The highest BCUT2D eigenvalue weighted by molar-refractivity contribution is 7.15. The molecule has 0 aliphatic carbocycles. The second-order valence-electron chi connectivity index (χ2n) is 4.19. The van der Waals surface area contributed by atoms with Crippen molar-refractivity contribution in [2.45, 2.75) is 13.5 Å². The Bertz CT molecular complexity index is 667. The Kier molecular flexibility index (Phi) is 3.99. The molecule has 0 spiro atoms. The number of primary amides is 1. The number of benzene rings is 1. The van der Waals surface area contributed by atoms with E-state index in [0.717, 1.165) is 27.5 Å². The van der Waals surface area contributed by atoms with E-state index in [1.807, 2.05) is 6.07 Å². The third-order valence-corrected chi connectivity index (χ3v) is 3.92. The van der Waals surface area contributed by atoms with Crippen LogP contribution in [0, 0.1) is 17.0 Å². The molecule has 0 saturated heterocycles. The number of anilines is 1. The predicted octanol–water partition coefficient (Wildman–Crippen LogP) is 2.68. The zero-order valence-corrected chi connectivity index (χ0v) is 11.6. The summed E-state index contributed by atoms with van der Waals surface area (Å²) in [5.74, 6) is -0.474. The van der Waals surface area contributed by atoms with Crippen molar-refractivity contribution in [2.75, 3.05) is 5.32 Å². The number of nitrogens with one attached hydrogen (secondary N) is 1. The fourth-order valence-electron chi connectivity index (χ4n) is 1.84. The lowest BCUT2D eigenvalue weighted by atomic mass is 10.1. The summed E-state index contributed by atoms with van der Waals surface area (Å²) in [6.45, 7) is 2.26. The largest absolute Gasteiger partial charge is 0.380 e. The van der Waals surface area contributed by atoms with Crippen LogP contribution in [0.3, 0.4) is 0 Å². The smallest absolute Gasteiger partial charge is 0.324 e. The number of nitrogens with zero attached hydrogens (tertiary/aromatic N) is 1. The van der Waals surface area contributed by atoms with Gasteiger partial charge in [-0.05, 0) is 30.7 Å².